The van der Waals surface area contributed by atoms with Crippen LogP contribution in [0.3, 0.4) is 0 Å². The van der Waals surface area contributed by atoms with Gasteiger partial charge in [-0.2, -0.15) is 0 Å². The third-order valence-electron chi connectivity index (χ3n) is 4.50. The fourth-order valence-electron chi connectivity index (χ4n) is 3.19. The van der Waals surface area contributed by atoms with Crippen molar-refractivity contribution in [3.63, 3.8) is 0 Å². The molecule has 0 aliphatic carbocycles. The number of hydrogen-bond donors (Lipinski definition) is 2. The fourth-order valence-corrected chi connectivity index (χ4v) is 3.72. The lowest BCUT2D eigenvalue weighted by atomic mass is 10.2. The molecule has 3 heterocycles. The predicted molar refractivity (Wildman–Crippen MR) is 112 cm³/mol. The third kappa shape index (κ3) is 4.10. The zero-order chi connectivity index (χ0) is 19.7. The molecule has 0 atom stereocenters. The minimum Gasteiger partial charge on any atom is -0.341 e. The number of aryl methyl sites for hydroxylation is 1. The van der Waals surface area contributed by atoms with Gasteiger partial charge in [0.25, 0.3) is 5.56 Å². The summed E-state index contributed by atoms with van der Waals surface area (Å²) in [6.45, 7) is 3.83. The van der Waals surface area contributed by atoms with Crippen LogP contribution >= 0.6 is 23.2 Å². The zero-order valence-electron chi connectivity index (χ0n) is 15.2. The smallest absolute Gasteiger partial charge is 0.252 e. The van der Waals surface area contributed by atoms with Gasteiger partial charge in [-0.3, -0.25) is 9.78 Å². The number of aromatic amines is 1. The zero-order valence-corrected chi connectivity index (χ0v) is 16.7. The van der Waals surface area contributed by atoms with Crippen molar-refractivity contribution in [3.8, 4) is 11.3 Å². The summed E-state index contributed by atoms with van der Waals surface area (Å²) in [7, 11) is 0. The molecule has 1 aromatic carbocycles. The van der Waals surface area contributed by atoms with E-state index in [0.717, 1.165) is 37.6 Å². The molecule has 1 saturated heterocycles. The minimum atomic E-state index is -0.288. The molecular weight excluding hydrogens is 399 g/mol. The number of hydrogen-bond acceptors (Lipinski definition) is 6. The van der Waals surface area contributed by atoms with E-state index in [-0.39, 0.29) is 11.5 Å². The highest BCUT2D eigenvalue weighted by atomic mass is 35.5. The van der Waals surface area contributed by atoms with Crippen LogP contribution < -0.4 is 15.8 Å². The number of nitrogens with one attached hydrogen (secondary N) is 2. The minimum absolute atomic E-state index is 0.281. The molecule has 9 heteroatoms. The van der Waals surface area contributed by atoms with Gasteiger partial charge in [-0.15, -0.1) is 0 Å². The maximum Gasteiger partial charge on any atom is 0.252 e. The van der Waals surface area contributed by atoms with Crippen LogP contribution in [-0.2, 0) is 0 Å². The number of nitrogens with zero attached hydrogens (tertiary/aromatic N) is 4. The first kappa shape index (κ1) is 18.7. The van der Waals surface area contributed by atoms with Crippen LogP contribution in [0, 0.1) is 6.92 Å². The maximum absolute atomic E-state index is 12.2. The van der Waals surface area contributed by atoms with Crippen molar-refractivity contribution in [2.24, 2.45) is 0 Å². The Balaban J connectivity index is 1.66. The monoisotopic (exact) mass is 416 g/mol. The third-order valence-corrected chi connectivity index (χ3v) is 4.93. The summed E-state index contributed by atoms with van der Waals surface area (Å²) in [5, 5.41) is 3.99. The SMILES string of the molecule is Cc1nc(N2CCCC2)ncc1-c1cc(=O)[nH]c(Nc2cc(Cl)cc(Cl)c2)n1. The van der Waals surface area contributed by atoms with Crippen molar-refractivity contribution in [1.29, 1.82) is 0 Å². The molecule has 1 aliphatic rings. The molecule has 2 aromatic heterocycles. The van der Waals surface area contributed by atoms with E-state index in [1.165, 1.54) is 6.07 Å². The highest BCUT2D eigenvalue weighted by Gasteiger charge is 2.17. The van der Waals surface area contributed by atoms with Crippen LogP contribution in [0.1, 0.15) is 18.5 Å². The molecule has 28 heavy (non-hydrogen) atoms. The van der Waals surface area contributed by atoms with Crippen molar-refractivity contribution in [1.82, 2.24) is 19.9 Å². The van der Waals surface area contributed by atoms with E-state index in [1.54, 1.807) is 24.4 Å². The Labute approximate surface area is 171 Å². The standard InChI is InChI=1S/C19H18Cl2N6O/c1-11-15(10-22-19(23-11)27-4-2-3-5-27)16-9-17(28)26-18(25-16)24-14-7-12(20)6-13(21)8-14/h6-10H,2-5H2,1H3,(H2,24,25,26,28). The van der Waals surface area contributed by atoms with E-state index in [9.17, 15) is 4.79 Å². The van der Waals surface area contributed by atoms with Gasteiger partial charge in [-0.05, 0) is 38.0 Å². The Kier molecular flexibility index (Phi) is 5.19. The molecule has 4 rings (SSSR count). The molecular formula is C19H18Cl2N6O. The van der Waals surface area contributed by atoms with E-state index < -0.39 is 0 Å². The highest BCUT2D eigenvalue weighted by Crippen LogP contribution is 2.26. The molecule has 0 saturated carbocycles. The second-order valence-corrected chi connectivity index (χ2v) is 7.50. The second-order valence-electron chi connectivity index (χ2n) is 6.63. The van der Waals surface area contributed by atoms with Crippen molar-refractivity contribution in [3.05, 3.63) is 56.6 Å². The maximum atomic E-state index is 12.2. The summed E-state index contributed by atoms with van der Waals surface area (Å²) >= 11 is 12.1. The normalized spacial score (nSPS) is 13.8. The Morgan fingerprint density at radius 2 is 1.79 bits per heavy atom. The summed E-state index contributed by atoms with van der Waals surface area (Å²) in [5.74, 6) is 0.999. The molecule has 3 aromatic rings. The summed E-state index contributed by atoms with van der Waals surface area (Å²) in [5.41, 5.74) is 2.30. The van der Waals surface area contributed by atoms with E-state index in [1.807, 2.05) is 6.92 Å². The topological polar surface area (TPSA) is 86.8 Å². The largest absolute Gasteiger partial charge is 0.341 e. The summed E-state index contributed by atoms with van der Waals surface area (Å²) in [6.07, 6.45) is 4.03. The lowest BCUT2D eigenvalue weighted by Crippen LogP contribution is -2.20. The van der Waals surface area contributed by atoms with E-state index in [4.69, 9.17) is 23.2 Å². The van der Waals surface area contributed by atoms with Crippen LogP contribution in [0.4, 0.5) is 17.6 Å². The van der Waals surface area contributed by atoms with Gasteiger partial charge in [0.15, 0.2) is 0 Å². The average Bonchev–Trinajstić information content (AvgIpc) is 3.14. The number of aromatic nitrogens is 4. The van der Waals surface area contributed by atoms with Crippen molar-refractivity contribution in [2.75, 3.05) is 23.3 Å². The van der Waals surface area contributed by atoms with Crippen LogP contribution in [-0.4, -0.2) is 33.0 Å². The van der Waals surface area contributed by atoms with Crippen LogP contribution in [0.15, 0.2) is 35.3 Å². The van der Waals surface area contributed by atoms with E-state index in [0.29, 0.717) is 27.0 Å². The summed E-state index contributed by atoms with van der Waals surface area (Å²) in [4.78, 5) is 30.6. The van der Waals surface area contributed by atoms with Gasteiger partial charge >= 0.3 is 0 Å². The lowest BCUT2D eigenvalue weighted by Gasteiger charge is -2.16. The summed E-state index contributed by atoms with van der Waals surface area (Å²) in [6, 6.07) is 6.44. The molecule has 1 aliphatic heterocycles. The molecule has 0 spiro atoms. The molecule has 0 unspecified atom stereocenters. The number of rotatable bonds is 4. The average molecular weight is 417 g/mol. The Bertz CT molecular complexity index is 1060. The Hall–Kier alpha value is -2.64. The van der Waals surface area contributed by atoms with Gasteiger partial charge in [0.2, 0.25) is 11.9 Å². The van der Waals surface area contributed by atoms with Crippen molar-refractivity contribution < 1.29 is 0 Å². The molecule has 0 radical (unpaired) electrons. The van der Waals surface area contributed by atoms with Gasteiger partial charge in [-0.1, -0.05) is 23.2 Å². The van der Waals surface area contributed by atoms with Crippen LogP contribution in [0.25, 0.3) is 11.3 Å². The van der Waals surface area contributed by atoms with Gasteiger partial charge in [0.1, 0.15) is 0 Å². The Morgan fingerprint density at radius 3 is 2.46 bits per heavy atom. The molecule has 0 bridgehead atoms. The van der Waals surface area contributed by atoms with Crippen LogP contribution in [0.2, 0.25) is 10.0 Å². The van der Waals surface area contributed by atoms with Gasteiger partial charge in [-0.25, -0.2) is 15.0 Å². The van der Waals surface area contributed by atoms with Crippen molar-refractivity contribution >= 4 is 40.8 Å². The van der Waals surface area contributed by atoms with E-state index >= 15 is 0 Å². The quantitative estimate of drug-likeness (QED) is 0.662. The lowest BCUT2D eigenvalue weighted by molar-refractivity contribution is 0.889. The second kappa shape index (κ2) is 7.77. The highest BCUT2D eigenvalue weighted by molar-refractivity contribution is 6.35. The summed E-state index contributed by atoms with van der Waals surface area (Å²) < 4.78 is 0. The molecule has 1 fully saturated rings. The van der Waals surface area contributed by atoms with E-state index in [2.05, 4.69) is 30.2 Å². The predicted octanol–water partition coefficient (Wildman–Crippen LogP) is 4.19. The molecule has 144 valence electrons. The van der Waals surface area contributed by atoms with Gasteiger partial charge in [0, 0.05) is 46.6 Å². The first-order valence-electron chi connectivity index (χ1n) is 8.91. The number of benzene rings is 1. The molecule has 2 N–H and O–H groups in total. The Morgan fingerprint density at radius 1 is 1.07 bits per heavy atom. The van der Waals surface area contributed by atoms with Gasteiger partial charge in [0.05, 0.1) is 11.4 Å². The fraction of sp³-hybridized carbons (Fsp3) is 0.263. The van der Waals surface area contributed by atoms with Gasteiger partial charge < -0.3 is 10.2 Å². The first-order valence-corrected chi connectivity index (χ1v) is 9.67. The van der Waals surface area contributed by atoms with Crippen molar-refractivity contribution in [2.45, 2.75) is 19.8 Å². The first-order chi connectivity index (χ1) is 13.5. The molecule has 7 nitrogen and oxygen atoms in total. The van der Waals surface area contributed by atoms with Crippen LogP contribution in [0.5, 0.6) is 0 Å². The number of anilines is 3. The number of halogens is 2. The molecule has 0 amide bonds. The number of H-pyrrole nitrogens is 1.